The van der Waals surface area contributed by atoms with Crippen LogP contribution in [0.15, 0.2) is 52.4 Å². The summed E-state index contributed by atoms with van der Waals surface area (Å²) in [5.74, 6) is 1.61. The maximum Gasteiger partial charge on any atom is -1.00 e. The van der Waals surface area contributed by atoms with E-state index >= 15 is 0 Å². The largest absolute Gasteiger partial charge is 1.00 e. The van der Waals surface area contributed by atoms with Gasteiger partial charge in [-0.05, 0) is 0 Å². The Bertz CT molecular complexity index is 1250. The van der Waals surface area contributed by atoms with E-state index in [-0.39, 0.29) is 24.8 Å². The number of rotatable bonds is 4. The van der Waals surface area contributed by atoms with Crippen LogP contribution in [-0.2, 0) is 23.8 Å². The molecule has 0 bridgehead atoms. The van der Waals surface area contributed by atoms with Crippen molar-refractivity contribution in [2.24, 2.45) is 0 Å². The molecule has 200 valence electrons. The fourth-order valence-electron chi connectivity index (χ4n) is 8.30. The van der Waals surface area contributed by atoms with E-state index in [0.717, 1.165) is 11.8 Å². The molecule has 3 heteroatoms. The van der Waals surface area contributed by atoms with Crippen molar-refractivity contribution in [3.8, 4) is 11.1 Å². The summed E-state index contributed by atoms with van der Waals surface area (Å²) in [5.41, 5.74) is 10.0. The predicted octanol–water partition coefficient (Wildman–Crippen LogP) is 3.19. The van der Waals surface area contributed by atoms with Gasteiger partial charge in [-0.25, -0.2) is 0 Å². The molecule has 7 rings (SSSR count). The van der Waals surface area contributed by atoms with Gasteiger partial charge in [-0.2, -0.15) is 0 Å². The molecule has 0 aliphatic heterocycles. The van der Waals surface area contributed by atoms with Gasteiger partial charge in [0.05, 0.1) is 0 Å². The van der Waals surface area contributed by atoms with Crippen LogP contribution in [0.1, 0.15) is 130 Å². The maximum absolute atomic E-state index is 2.65. The second-order valence-electron chi connectivity index (χ2n) is 12.3. The van der Waals surface area contributed by atoms with Gasteiger partial charge in [0.25, 0.3) is 0 Å². The second-order valence-corrected chi connectivity index (χ2v) is 16.4. The van der Waals surface area contributed by atoms with Crippen molar-refractivity contribution >= 4 is 7.68 Å². The van der Waals surface area contributed by atoms with Gasteiger partial charge in [-0.1, -0.05) is 0 Å². The Hall–Kier alpha value is -0.916. The van der Waals surface area contributed by atoms with Crippen LogP contribution < -0.4 is 28.7 Å². The van der Waals surface area contributed by atoms with Crippen molar-refractivity contribution < 1.29 is 42.2 Å². The minimum absolute atomic E-state index is 0. The Balaban J connectivity index is 0.00000147. The standard InChI is InChI=1S/C25H29.C5H8.C5H5.2ClH.Ti/c1-3-7-18(8-4-1)20-11-13-24-22(15-20)17-23-16-21(12-14-25(23)24)19-9-5-2-6-10-19;2*1-2-4-5-3-1;;;/h11-15,18-19H,1-10,17H2;1-4H2;1-3H,4H2;2*1H;/q;;;;;+2/p-2. The molecule has 0 heterocycles. The van der Waals surface area contributed by atoms with E-state index in [1.54, 1.807) is 33.4 Å². The van der Waals surface area contributed by atoms with Crippen molar-refractivity contribution in [2.75, 3.05) is 0 Å². The Labute approximate surface area is 248 Å². The SMILES string of the molecule is C1=CC[C]([Ti+2](=[C]2CCCC2)[c]2c(C3CCCCC3)ccc3c2Cc2cc(C4CCCCC4)ccc2-3)=C1.[Cl-].[Cl-]. The number of benzene rings is 2. The van der Waals surface area contributed by atoms with Gasteiger partial charge in [0.2, 0.25) is 0 Å². The van der Waals surface area contributed by atoms with Gasteiger partial charge in [-0.15, -0.1) is 0 Å². The molecular weight excluding hydrogens is 539 g/mol. The quantitative estimate of drug-likeness (QED) is 0.416. The van der Waals surface area contributed by atoms with E-state index < -0.39 is 17.4 Å². The number of hydrogen-bond donors (Lipinski definition) is 0. The van der Waals surface area contributed by atoms with Crippen LogP contribution in [-0.4, -0.2) is 3.81 Å². The minimum atomic E-state index is -1.68. The Morgan fingerprint density at radius 2 is 1.37 bits per heavy atom. The molecule has 0 aromatic heterocycles. The Morgan fingerprint density at radius 1 is 0.684 bits per heavy atom. The smallest absolute Gasteiger partial charge is 1.00 e. The summed E-state index contributed by atoms with van der Waals surface area (Å²) in [4.78, 5) is 0. The van der Waals surface area contributed by atoms with Gasteiger partial charge >= 0.3 is 225 Å². The molecule has 5 aliphatic rings. The minimum Gasteiger partial charge on any atom is -1.00 e. The topological polar surface area (TPSA) is 0 Å². The van der Waals surface area contributed by atoms with Gasteiger partial charge in [-0.3, -0.25) is 0 Å². The molecule has 0 amide bonds. The van der Waals surface area contributed by atoms with E-state index in [4.69, 9.17) is 0 Å². The first-order valence-electron chi connectivity index (χ1n) is 15.2. The molecule has 3 fully saturated rings. The van der Waals surface area contributed by atoms with Crippen LogP contribution in [0.5, 0.6) is 0 Å². The third-order valence-corrected chi connectivity index (χ3v) is 15.3. The van der Waals surface area contributed by atoms with Crippen LogP contribution in [0.4, 0.5) is 0 Å². The van der Waals surface area contributed by atoms with E-state index in [1.165, 1.54) is 103 Å². The zero-order valence-electron chi connectivity index (χ0n) is 22.8. The first kappa shape index (κ1) is 28.6. The Kier molecular flexibility index (Phi) is 9.58. The summed E-state index contributed by atoms with van der Waals surface area (Å²) in [6.07, 6.45) is 29.7. The fraction of sp³-hybridized carbons (Fsp3) is 0.514. The van der Waals surface area contributed by atoms with Crippen molar-refractivity contribution in [3.05, 3.63) is 74.7 Å². The number of allylic oxidation sites excluding steroid dienone is 4. The third-order valence-electron chi connectivity index (χ3n) is 10.2. The average Bonchev–Trinajstić information content (AvgIpc) is 3.72. The van der Waals surface area contributed by atoms with Crippen molar-refractivity contribution in [1.29, 1.82) is 0 Å². The zero-order valence-corrected chi connectivity index (χ0v) is 25.9. The monoisotopic (exact) mass is 580 g/mol. The summed E-state index contributed by atoms with van der Waals surface area (Å²) in [6.45, 7) is 0. The summed E-state index contributed by atoms with van der Waals surface area (Å²) in [5, 5.41) is 0. The summed E-state index contributed by atoms with van der Waals surface area (Å²) in [6, 6.07) is 12.9. The molecule has 0 radical (unpaired) electrons. The molecule has 0 saturated heterocycles. The molecule has 0 spiro atoms. The normalized spacial score (nSPS) is 20.7. The summed E-state index contributed by atoms with van der Waals surface area (Å²) in [7, 11) is 0. The number of fused-ring (bicyclic) bond motifs is 3. The maximum atomic E-state index is 2.65. The van der Waals surface area contributed by atoms with Crippen LogP contribution in [0.2, 0.25) is 0 Å². The molecule has 0 nitrogen and oxygen atoms in total. The average molecular weight is 581 g/mol. The van der Waals surface area contributed by atoms with E-state index in [1.807, 2.05) is 11.6 Å². The molecule has 0 unspecified atom stereocenters. The van der Waals surface area contributed by atoms with Gasteiger partial charge in [0, 0.05) is 0 Å². The molecule has 0 N–H and O–H groups in total. The van der Waals surface area contributed by atoms with Crippen LogP contribution in [0.25, 0.3) is 11.1 Å². The van der Waals surface area contributed by atoms with E-state index in [9.17, 15) is 0 Å². The first-order chi connectivity index (χ1) is 17.9. The van der Waals surface area contributed by atoms with Crippen LogP contribution in [0.3, 0.4) is 0 Å². The molecule has 38 heavy (non-hydrogen) atoms. The van der Waals surface area contributed by atoms with Crippen molar-refractivity contribution in [1.82, 2.24) is 0 Å². The summed E-state index contributed by atoms with van der Waals surface area (Å²) >= 11 is -1.68. The van der Waals surface area contributed by atoms with Gasteiger partial charge in [0.15, 0.2) is 0 Å². The fourth-order valence-corrected chi connectivity index (χ4v) is 14.0. The zero-order chi connectivity index (χ0) is 23.9. The Morgan fingerprint density at radius 3 is 2.05 bits per heavy atom. The van der Waals surface area contributed by atoms with E-state index in [2.05, 4.69) is 48.6 Å². The van der Waals surface area contributed by atoms with Crippen LogP contribution >= 0.6 is 0 Å². The van der Waals surface area contributed by atoms with Crippen LogP contribution in [0, 0.1) is 0 Å². The van der Waals surface area contributed by atoms with Crippen molar-refractivity contribution in [3.63, 3.8) is 0 Å². The molecular formula is C35H42Cl2Ti. The predicted molar refractivity (Wildman–Crippen MR) is 151 cm³/mol. The molecule has 2 aromatic carbocycles. The van der Waals surface area contributed by atoms with Gasteiger partial charge < -0.3 is 24.8 Å². The van der Waals surface area contributed by atoms with E-state index in [0.29, 0.717) is 0 Å². The molecule has 3 saturated carbocycles. The molecule has 0 atom stereocenters. The second kappa shape index (κ2) is 12.7. The van der Waals surface area contributed by atoms with Gasteiger partial charge in [0.1, 0.15) is 0 Å². The molecule has 2 aromatic rings. The molecule has 5 aliphatic carbocycles. The summed E-state index contributed by atoms with van der Waals surface area (Å²) < 4.78 is 5.78. The third kappa shape index (κ3) is 5.37. The first-order valence-corrected chi connectivity index (χ1v) is 17.6. The number of halogens is 2. The van der Waals surface area contributed by atoms with Crippen molar-refractivity contribution in [2.45, 2.75) is 115 Å². The number of hydrogen-bond acceptors (Lipinski definition) is 0.